The molecule has 1 saturated heterocycles. The summed E-state index contributed by atoms with van der Waals surface area (Å²) in [5, 5.41) is 0. The molecule has 1 aromatic heterocycles. The van der Waals surface area contributed by atoms with Crippen molar-refractivity contribution in [2.24, 2.45) is 0 Å². The highest BCUT2D eigenvalue weighted by molar-refractivity contribution is 7.89. The van der Waals surface area contributed by atoms with Crippen LogP contribution in [0.4, 0.5) is 0 Å². The number of piperidine rings is 1. The van der Waals surface area contributed by atoms with Gasteiger partial charge in [-0.1, -0.05) is 12.1 Å². The fourth-order valence-corrected chi connectivity index (χ4v) is 5.10. The average Bonchev–Trinajstić information content (AvgIpc) is 2.86. The number of sulfonamides is 1. The Hall–Kier alpha value is -1.59. The molecular weight excluding hydrogens is 308 g/mol. The molecule has 0 saturated carbocycles. The smallest absolute Gasteiger partial charge is 0.243 e. The maximum Gasteiger partial charge on any atom is 0.243 e. The molecule has 0 radical (unpaired) electrons. The van der Waals surface area contributed by atoms with Crippen molar-refractivity contribution < 1.29 is 8.42 Å². The van der Waals surface area contributed by atoms with Gasteiger partial charge in [0.1, 0.15) is 0 Å². The van der Waals surface area contributed by atoms with Crippen LogP contribution in [0, 0.1) is 20.8 Å². The third kappa shape index (κ3) is 3.08. The van der Waals surface area contributed by atoms with Crippen LogP contribution in [0.2, 0.25) is 0 Å². The van der Waals surface area contributed by atoms with E-state index in [0.717, 1.165) is 18.4 Å². The Bertz CT molecular complexity index is 781. The van der Waals surface area contributed by atoms with Crippen molar-refractivity contribution in [1.82, 2.24) is 8.87 Å². The summed E-state index contributed by atoms with van der Waals surface area (Å²) in [5.41, 5.74) is 3.48. The lowest BCUT2D eigenvalue weighted by molar-refractivity contribution is 0.270. The Morgan fingerprint density at radius 1 is 0.957 bits per heavy atom. The topological polar surface area (TPSA) is 42.3 Å². The standard InChI is InChI=1S/C18H24N2O2S/c1-14-5-4-6-18(13-14)23(21,22)19-11-9-17(10-12-19)20-15(2)7-8-16(20)3/h4-8,13,17H,9-12H2,1-3H3. The van der Waals surface area contributed by atoms with Crippen LogP contribution in [0.15, 0.2) is 41.3 Å². The second kappa shape index (κ2) is 6.13. The third-order valence-electron chi connectivity index (χ3n) is 4.74. The first-order valence-corrected chi connectivity index (χ1v) is 9.55. The molecule has 1 aromatic carbocycles. The number of benzene rings is 1. The molecule has 2 aromatic rings. The zero-order valence-corrected chi connectivity index (χ0v) is 14.8. The monoisotopic (exact) mass is 332 g/mol. The van der Waals surface area contributed by atoms with Crippen LogP contribution in [0.25, 0.3) is 0 Å². The number of nitrogens with zero attached hydrogens (tertiary/aromatic N) is 2. The largest absolute Gasteiger partial charge is 0.346 e. The minimum Gasteiger partial charge on any atom is -0.346 e. The van der Waals surface area contributed by atoms with Crippen LogP contribution in [0.1, 0.15) is 35.8 Å². The van der Waals surface area contributed by atoms with Crippen molar-refractivity contribution in [2.45, 2.75) is 44.6 Å². The van der Waals surface area contributed by atoms with E-state index in [0.29, 0.717) is 24.0 Å². The van der Waals surface area contributed by atoms with Gasteiger partial charge in [-0.05, 0) is 63.4 Å². The SMILES string of the molecule is Cc1cccc(S(=O)(=O)N2CCC(n3c(C)ccc3C)CC2)c1. The van der Waals surface area contributed by atoms with Gasteiger partial charge in [-0.2, -0.15) is 4.31 Å². The van der Waals surface area contributed by atoms with Crippen LogP contribution < -0.4 is 0 Å². The van der Waals surface area contributed by atoms with Gasteiger partial charge in [-0.15, -0.1) is 0 Å². The summed E-state index contributed by atoms with van der Waals surface area (Å²) in [6.07, 6.45) is 1.73. The second-order valence-electron chi connectivity index (χ2n) is 6.44. The lowest BCUT2D eigenvalue weighted by atomic mass is 10.1. The molecule has 23 heavy (non-hydrogen) atoms. The number of aromatic nitrogens is 1. The molecule has 0 unspecified atom stereocenters. The first-order chi connectivity index (χ1) is 10.9. The molecule has 124 valence electrons. The Labute approximate surface area is 138 Å². The van der Waals surface area contributed by atoms with Gasteiger partial charge in [0.05, 0.1) is 4.90 Å². The molecule has 0 spiro atoms. The van der Waals surface area contributed by atoms with Gasteiger partial charge < -0.3 is 4.57 Å². The van der Waals surface area contributed by atoms with E-state index < -0.39 is 10.0 Å². The minimum absolute atomic E-state index is 0.397. The molecule has 0 aliphatic carbocycles. The lowest BCUT2D eigenvalue weighted by Crippen LogP contribution is -2.39. The van der Waals surface area contributed by atoms with Crippen LogP contribution in [0.5, 0.6) is 0 Å². The van der Waals surface area contributed by atoms with Gasteiger partial charge in [0, 0.05) is 30.5 Å². The van der Waals surface area contributed by atoms with Crippen LogP contribution >= 0.6 is 0 Å². The maximum absolute atomic E-state index is 12.8. The van der Waals surface area contributed by atoms with Crippen molar-refractivity contribution in [2.75, 3.05) is 13.1 Å². The summed E-state index contributed by atoms with van der Waals surface area (Å²) in [5.74, 6) is 0. The predicted molar refractivity (Wildman–Crippen MR) is 92.1 cm³/mol. The molecule has 1 aliphatic rings. The first-order valence-electron chi connectivity index (χ1n) is 8.11. The van der Waals surface area contributed by atoms with Gasteiger partial charge >= 0.3 is 0 Å². The molecular formula is C18H24N2O2S. The second-order valence-corrected chi connectivity index (χ2v) is 8.38. The Morgan fingerprint density at radius 3 is 2.13 bits per heavy atom. The maximum atomic E-state index is 12.8. The summed E-state index contributed by atoms with van der Waals surface area (Å²) >= 11 is 0. The molecule has 1 fully saturated rings. The van der Waals surface area contributed by atoms with Gasteiger partial charge in [0.2, 0.25) is 10.0 Å². The van der Waals surface area contributed by atoms with E-state index in [2.05, 4.69) is 30.5 Å². The summed E-state index contributed by atoms with van der Waals surface area (Å²) in [6, 6.07) is 11.8. The molecule has 2 heterocycles. The van der Waals surface area contributed by atoms with E-state index in [-0.39, 0.29) is 0 Å². The van der Waals surface area contributed by atoms with E-state index in [4.69, 9.17) is 0 Å². The highest BCUT2D eigenvalue weighted by Crippen LogP contribution is 2.29. The van der Waals surface area contributed by atoms with E-state index in [1.54, 1.807) is 16.4 Å². The molecule has 0 bridgehead atoms. The van der Waals surface area contributed by atoms with Gasteiger partial charge in [-0.3, -0.25) is 0 Å². The number of hydrogen-bond acceptors (Lipinski definition) is 2. The lowest BCUT2D eigenvalue weighted by Gasteiger charge is -2.33. The number of rotatable bonds is 3. The van der Waals surface area contributed by atoms with E-state index in [1.807, 2.05) is 19.1 Å². The molecule has 1 aliphatic heterocycles. The van der Waals surface area contributed by atoms with Crippen molar-refractivity contribution in [1.29, 1.82) is 0 Å². The van der Waals surface area contributed by atoms with Crippen LogP contribution in [-0.2, 0) is 10.0 Å². The molecule has 3 rings (SSSR count). The summed E-state index contributed by atoms with van der Waals surface area (Å²) in [4.78, 5) is 0.407. The number of hydrogen-bond donors (Lipinski definition) is 0. The third-order valence-corrected chi connectivity index (χ3v) is 6.64. The molecule has 5 heteroatoms. The minimum atomic E-state index is -3.37. The summed E-state index contributed by atoms with van der Waals surface area (Å²) in [7, 11) is -3.37. The van der Waals surface area contributed by atoms with Crippen molar-refractivity contribution in [3.8, 4) is 0 Å². The van der Waals surface area contributed by atoms with Gasteiger partial charge in [0.15, 0.2) is 0 Å². The quantitative estimate of drug-likeness (QED) is 0.864. The Kier molecular flexibility index (Phi) is 4.34. The summed E-state index contributed by atoms with van der Waals surface area (Å²) in [6.45, 7) is 7.31. The van der Waals surface area contributed by atoms with Crippen molar-refractivity contribution >= 4 is 10.0 Å². The van der Waals surface area contributed by atoms with E-state index in [1.165, 1.54) is 11.4 Å². The highest BCUT2D eigenvalue weighted by Gasteiger charge is 2.30. The summed E-state index contributed by atoms with van der Waals surface area (Å²) < 4.78 is 29.5. The Morgan fingerprint density at radius 2 is 1.57 bits per heavy atom. The van der Waals surface area contributed by atoms with Crippen LogP contribution in [0.3, 0.4) is 0 Å². The van der Waals surface area contributed by atoms with E-state index in [9.17, 15) is 8.42 Å². The van der Waals surface area contributed by atoms with Gasteiger partial charge in [0.25, 0.3) is 0 Å². The highest BCUT2D eigenvalue weighted by atomic mass is 32.2. The zero-order valence-electron chi connectivity index (χ0n) is 14.0. The fraction of sp³-hybridized carbons (Fsp3) is 0.444. The predicted octanol–water partition coefficient (Wildman–Crippen LogP) is 3.44. The average molecular weight is 332 g/mol. The first kappa shape index (κ1) is 16.3. The van der Waals surface area contributed by atoms with Gasteiger partial charge in [-0.25, -0.2) is 8.42 Å². The Balaban J connectivity index is 1.76. The molecule has 0 N–H and O–H groups in total. The number of aryl methyl sites for hydroxylation is 3. The van der Waals surface area contributed by atoms with E-state index >= 15 is 0 Å². The van der Waals surface area contributed by atoms with Crippen molar-refractivity contribution in [3.05, 3.63) is 53.3 Å². The normalized spacial score (nSPS) is 17.5. The van der Waals surface area contributed by atoms with Crippen molar-refractivity contribution in [3.63, 3.8) is 0 Å². The molecule has 0 amide bonds. The fourth-order valence-electron chi connectivity index (χ4n) is 3.52. The van der Waals surface area contributed by atoms with Crippen LogP contribution in [-0.4, -0.2) is 30.4 Å². The molecule has 4 nitrogen and oxygen atoms in total. The molecule has 0 atom stereocenters. The zero-order chi connectivity index (χ0) is 16.6.